The van der Waals surface area contributed by atoms with Crippen LogP contribution in [0.2, 0.25) is 0 Å². The fourth-order valence-electron chi connectivity index (χ4n) is 2.36. The second-order valence-corrected chi connectivity index (χ2v) is 4.75. The second-order valence-electron chi connectivity index (χ2n) is 4.75. The lowest BCUT2D eigenvalue weighted by Crippen LogP contribution is -2.12. The molecule has 3 nitrogen and oxygen atoms in total. The summed E-state index contributed by atoms with van der Waals surface area (Å²) in [6.45, 7) is 5.34. The summed E-state index contributed by atoms with van der Waals surface area (Å²) < 4.78 is 1.72. The van der Waals surface area contributed by atoms with E-state index in [1.54, 1.807) is 10.9 Å². The van der Waals surface area contributed by atoms with Crippen molar-refractivity contribution in [2.75, 3.05) is 0 Å². The Labute approximate surface area is 118 Å². The van der Waals surface area contributed by atoms with Crippen LogP contribution in [-0.2, 0) is 13.1 Å². The van der Waals surface area contributed by atoms with E-state index in [1.165, 1.54) is 16.3 Å². The fourth-order valence-corrected chi connectivity index (χ4v) is 2.36. The number of fused-ring (bicyclic) bond motifs is 1. The molecule has 0 spiro atoms. The molecule has 3 rings (SSSR count). The minimum Gasteiger partial charge on any atom is -0.308 e. The molecule has 1 heterocycles. The molecule has 0 radical (unpaired) electrons. The van der Waals surface area contributed by atoms with Crippen LogP contribution in [0, 0.1) is 0 Å². The van der Waals surface area contributed by atoms with Crippen molar-refractivity contribution in [1.29, 1.82) is 0 Å². The summed E-state index contributed by atoms with van der Waals surface area (Å²) in [5.41, 5.74) is 2.48. The van der Waals surface area contributed by atoms with Gasteiger partial charge < -0.3 is 5.32 Å². The molecule has 0 fully saturated rings. The van der Waals surface area contributed by atoms with Gasteiger partial charge in [-0.3, -0.25) is 0 Å². The molecule has 0 saturated heterocycles. The van der Waals surface area contributed by atoms with Crippen molar-refractivity contribution in [1.82, 2.24) is 15.1 Å². The molecule has 1 aromatic heterocycles. The average molecular weight is 263 g/mol. The van der Waals surface area contributed by atoms with E-state index in [9.17, 15) is 0 Å². The number of hydrogen-bond acceptors (Lipinski definition) is 2. The van der Waals surface area contributed by atoms with Gasteiger partial charge in [0, 0.05) is 31.0 Å². The lowest BCUT2D eigenvalue weighted by Gasteiger charge is -2.07. The van der Waals surface area contributed by atoms with Gasteiger partial charge in [-0.2, -0.15) is 5.10 Å². The Hall–Kier alpha value is -2.39. The van der Waals surface area contributed by atoms with E-state index in [0.717, 1.165) is 18.7 Å². The largest absolute Gasteiger partial charge is 0.308 e. The van der Waals surface area contributed by atoms with Crippen LogP contribution in [0.15, 0.2) is 61.4 Å². The number of hydrogen-bond donors (Lipinski definition) is 1. The predicted molar refractivity (Wildman–Crippen MR) is 83.1 cm³/mol. The topological polar surface area (TPSA) is 29.9 Å². The minimum atomic E-state index is 0.803. The molecule has 0 unspecified atom stereocenters. The van der Waals surface area contributed by atoms with Crippen molar-refractivity contribution in [2.24, 2.45) is 0 Å². The van der Waals surface area contributed by atoms with Gasteiger partial charge in [0.1, 0.15) is 0 Å². The maximum Gasteiger partial charge on any atom is 0.0538 e. The van der Waals surface area contributed by atoms with Crippen molar-refractivity contribution in [3.05, 3.63) is 72.6 Å². The van der Waals surface area contributed by atoms with Crippen LogP contribution >= 0.6 is 0 Å². The molecule has 0 aliphatic heterocycles. The van der Waals surface area contributed by atoms with Crippen molar-refractivity contribution >= 4 is 17.0 Å². The Morgan fingerprint density at radius 2 is 1.95 bits per heavy atom. The van der Waals surface area contributed by atoms with E-state index >= 15 is 0 Å². The van der Waals surface area contributed by atoms with Crippen LogP contribution in [-0.4, -0.2) is 9.78 Å². The fraction of sp³-hybridized carbons (Fsp3) is 0.118. The maximum absolute atomic E-state index is 4.17. The number of nitrogens with one attached hydrogen (secondary N) is 1. The third kappa shape index (κ3) is 2.63. The molecule has 1 N–H and O–H groups in total. The molecular weight excluding hydrogens is 246 g/mol. The van der Waals surface area contributed by atoms with Gasteiger partial charge in [0.25, 0.3) is 0 Å². The monoisotopic (exact) mass is 263 g/mol. The van der Waals surface area contributed by atoms with Gasteiger partial charge in [-0.05, 0) is 16.3 Å². The Bertz CT molecular complexity index is 722. The minimum absolute atomic E-state index is 0.803. The molecule has 0 atom stereocenters. The molecule has 3 heteroatoms. The smallest absolute Gasteiger partial charge is 0.0538 e. The molecule has 0 amide bonds. The summed E-state index contributed by atoms with van der Waals surface area (Å²) in [5, 5.41) is 10.2. The lowest BCUT2D eigenvalue weighted by atomic mass is 10.0. The van der Waals surface area contributed by atoms with Crippen molar-refractivity contribution < 1.29 is 0 Å². The zero-order chi connectivity index (χ0) is 13.8. The molecule has 0 aliphatic rings. The zero-order valence-electron chi connectivity index (χ0n) is 11.3. The molecular formula is C17H17N3. The summed E-state index contributed by atoms with van der Waals surface area (Å²) in [6, 6.07) is 14.9. The number of nitrogens with zero attached hydrogens (tertiary/aromatic N) is 2. The van der Waals surface area contributed by atoms with E-state index in [4.69, 9.17) is 0 Å². The van der Waals surface area contributed by atoms with Crippen molar-refractivity contribution in [3.63, 3.8) is 0 Å². The SMILES string of the molecule is C=Cn1cc(CNCc2cccc3ccccc23)cn1. The van der Waals surface area contributed by atoms with Crippen LogP contribution < -0.4 is 5.32 Å². The first-order valence-corrected chi connectivity index (χ1v) is 6.70. The molecule has 0 aliphatic carbocycles. The van der Waals surface area contributed by atoms with Crippen LogP contribution in [0.5, 0.6) is 0 Å². The first kappa shape index (κ1) is 12.6. The van der Waals surface area contributed by atoms with Crippen LogP contribution in [0.25, 0.3) is 17.0 Å². The highest BCUT2D eigenvalue weighted by atomic mass is 15.2. The maximum atomic E-state index is 4.17. The summed E-state index contributed by atoms with van der Waals surface area (Å²) >= 11 is 0. The van der Waals surface area contributed by atoms with Crippen LogP contribution in [0.4, 0.5) is 0 Å². The Morgan fingerprint density at radius 3 is 2.80 bits per heavy atom. The van der Waals surface area contributed by atoms with Gasteiger partial charge in [-0.15, -0.1) is 0 Å². The summed E-state index contributed by atoms with van der Waals surface area (Å²) in [4.78, 5) is 0. The zero-order valence-corrected chi connectivity index (χ0v) is 11.3. The highest BCUT2D eigenvalue weighted by Gasteiger charge is 2.01. The second kappa shape index (κ2) is 5.72. The van der Waals surface area contributed by atoms with Gasteiger partial charge in [-0.1, -0.05) is 49.0 Å². The number of aromatic nitrogens is 2. The van der Waals surface area contributed by atoms with Crippen LogP contribution in [0.3, 0.4) is 0 Å². The highest BCUT2D eigenvalue weighted by Crippen LogP contribution is 2.18. The van der Waals surface area contributed by atoms with Gasteiger partial charge in [0.05, 0.1) is 6.20 Å². The highest BCUT2D eigenvalue weighted by molar-refractivity contribution is 5.85. The van der Waals surface area contributed by atoms with Gasteiger partial charge in [0.15, 0.2) is 0 Å². The number of benzene rings is 2. The molecule has 100 valence electrons. The van der Waals surface area contributed by atoms with Crippen molar-refractivity contribution in [3.8, 4) is 0 Å². The third-order valence-corrected chi connectivity index (χ3v) is 3.37. The third-order valence-electron chi connectivity index (χ3n) is 3.37. The van der Waals surface area contributed by atoms with E-state index < -0.39 is 0 Å². The predicted octanol–water partition coefficient (Wildman–Crippen LogP) is 3.43. The molecule has 3 aromatic rings. The standard InChI is InChI=1S/C17H17N3/c1-2-20-13-14(11-19-20)10-18-12-16-8-5-7-15-6-3-4-9-17(15)16/h2-9,11,13,18H,1,10,12H2. The first-order valence-electron chi connectivity index (χ1n) is 6.70. The Morgan fingerprint density at radius 1 is 1.10 bits per heavy atom. The van der Waals surface area contributed by atoms with Gasteiger partial charge in [-0.25, -0.2) is 4.68 Å². The first-order chi connectivity index (χ1) is 9.86. The molecule has 20 heavy (non-hydrogen) atoms. The van der Waals surface area contributed by atoms with Gasteiger partial charge >= 0.3 is 0 Å². The Balaban J connectivity index is 1.69. The van der Waals surface area contributed by atoms with Crippen LogP contribution in [0.1, 0.15) is 11.1 Å². The van der Waals surface area contributed by atoms with E-state index in [2.05, 4.69) is 59.5 Å². The quantitative estimate of drug-likeness (QED) is 0.764. The normalized spacial score (nSPS) is 10.8. The van der Waals surface area contributed by atoms with E-state index in [-0.39, 0.29) is 0 Å². The number of rotatable bonds is 5. The molecule has 0 saturated carbocycles. The lowest BCUT2D eigenvalue weighted by molar-refractivity contribution is 0.696. The van der Waals surface area contributed by atoms with Gasteiger partial charge in [0.2, 0.25) is 0 Å². The summed E-state index contributed by atoms with van der Waals surface area (Å²) in [7, 11) is 0. The Kier molecular flexibility index (Phi) is 3.61. The van der Waals surface area contributed by atoms with E-state index in [0.29, 0.717) is 0 Å². The average Bonchev–Trinajstić information content (AvgIpc) is 2.95. The molecule has 0 bridgehead atoms. The van der Waals surface area contributed by atoms with Crippen molar-refractivity contribution in [2.45, 2.75) is 13.1 Å². The van der Waals surface area contributed by atoms with E-state index in [1.807, 2.05) is 12.4 Å². The molecule has 2 aromatic carbocycles. The summed E-state index contributed by atoms with van der Waals surface area (Å²) in [5.74, 6) is 0. The summed E-state index contributed by atoms with van der Waals surface area (Å²) in [6.07, 6.45) is 5.52.